The normalized spacial score (nSPS) is 30.5. The third kappa shape index (κ3) is 2.35. The van der Waals surface area contributed by atoms with Gasteiger partial charge in [0.05, 0.1) is 0 Å². The summed E-state index contributed by atoms with van der Waals surface area (Å²) >= 11 is 0. The van der Waals surface area contributed by atoms with Gasteiger partial charge in [0.2, 0.25) is 0 Å². The van der Waals surface area contributed by atoms with Gasteiger partial charge in [0.25, 0.3) is 5.56 Å². The molecule has 4 atom stereocenters. The largest absolute Gasteiger partial charge is 0.387 e. The molecule has 0 aromatic carbocycles. The fourth-order valence-corrected chi connectivity index (χ4v) is 1.96. The summed E-state index contributed by atoms with van der Waals surface area (Å²) in [5, 5.41) is 22.1. The third-order valence-corrected chi connectivity index (χ3v) is 3.01. The average molecular weight is 271 g/mol. The van der Waals surface area contributed by atoms with Gasteiger partial charge in [0.15, 0.2) is 6.23 Å². The highest BCUT2D eigenvalue weighted by molar-refractivity contribution is 5.03. The second kappa shape index (κ2) is 5.03. The maximum atomic E-state index is 11.6. The molecular weight excluding hydrogens is 258 g/mol. The average Bonchev–Trinajstić information content (AvgIpc) is 2.63. The summed E-state index contributed by atoms with van der Waals surface area (Å²) in [5.41, 5.74) is -1.06. The standard InChI is InChI=1S/C10H13N3O6/c1-4-3-13(10(17)12-8(4)16)9-7(15)6(14)5(19-9)2-11-18/h3,5-7,9,14-15H,2H2,1H3,(H,12,16,17)/t5-,6?,7?,9-/m1/s1. The second-order valence-electron chi connectivity index (χ2n) is 4.34. The first-order valence-corrected chi connectivity index (χ1v) is 5.58. The molecule has 3 N–H and O–H groups in total. The number of aryl methyl sites for hydroxylation is 1. The van der Waals surface area contributed by atoms with Crippen molar-refractivity contribution in [3.8, 4) is 0 Å². The number of H-pyrrole nitrogens is 1. The van der Waals surface area contributed by atoms with Crippen molar-refractivity contribution < 1.29 is 14.9 Å². The lowest BCUT2D eigenvalue weighted by Crippen LogP contribution is -2.38. The van der Waals surface area contributed by atoms with Crippen LogP contribution >= 0.6 is 0 Å². The first kappa shape index (κ1) is 13.6. The Kier molecular flexibility index (Phi) is 3.60. The van der Waals surface area contributed by atoms with Crippen molar-refractivity contribution in [3.05, 3.63) is 37.5 Å². The topological polar surface area (TPSA) is 134 Å². The zero-order chi connectivity index (χ0) is 14.2. The van der Waals surface area contributed by atoms with E-state index in [9.17, 15) is 24.7 Å². The number of aliphatic hydroxyl groups excluding tert-OH is 2. The van der Waals surface area contributed by atoms with Crippen LogP contribution < -0.4 is 11.2 Å². The van der Waals surface area contributed by atoms with Crippen LogP contribution in [0.2, 0.25) is 0 Å². The van der Waals surface area contributed by atoms with Crippen molar-refractivity contribution in [1.82, 2.24) is 9.55 Å². The molecule has 9 heteroatoms. The Hall–Kier alpha value is -1.84. The molecule has 0 spiro atoms. The van der Waals surface area contributed by atoms with Gasteiger partial charge in [-0.15, -0.1) is 0 Å². The minimum Gasteiger partial charge on any atom is -0.387 e. The van der Waals surface area contributed by atoms with Crippen LogP contribution in [-0.2, 0) is 4.74 Å². The van der Waals surface area contributed by atoms with Gasteiger partial charge in [0.1, 0.15) is 24.9 Å². The Labute approximate surface area is 106 Å². The zero-order valence-corrected chi connectivity index (χ0v) is 10.0. The number of nitrogens with one attached hydrogen (secondary N) is 1. The molecule has 0 radical (unpaired) electrons. The van der Waals surface area contributed by atoms with E-state index in [-0.39, 0.29) is 12.1 Å². The predicted molar refractivity (Wildman–Crippen MR) is 62.6 cm³/mol. The molecule has 1 aromatic rings. The van der Waals surface area contributed by atoms with E-state index in [4.69, 9.17) is 4.74 Å². The van der Waals surface area contributed by atoms with Crippen molar-refractivity contribution in [2.24, 2.45) is 5.18 Å². The Morgan fingerprint density at radius 1 is 1.42 bits per heavy atom. The van der Waals surface area contributed by atoms with Crippen LogP contribution in [0, 0.1) is 11.8 Å². The van der Waals surface area contributed by atoms with Crippen LogP contribution in [0.15, 0.2) is 21.0 Å². The van der Waals surface area contributed by atoms with Crippen LogP contribution in [0.1, 0.15) is 11.8 Å². The first-order valence-electron chi connectivity index (χ1n) is 5.58. The van der Waals surface area contributed by atoms with Gasteiger partial charge in [-0.1, -0.05) is 5.18 Å². The number of aromatic amines is 1. The van der Waals surface area contributed by atoms with Gasteiger partial charge < -0.3 is 14.9 Å². The molecule has 1 aliphatic rings. The van der Waals surface area contributed by atoms with Gasteiger partial charge in [-0.05, 0) is 6.92 Å². The summed E-state index contributed by atoms with van der Waals surface area (Å²) in [7, 11) is 0. The highest BCUT2D eigenvalue weighted by atomic mass is 16.6. The number of ether oxygens (including phenoxy) is 1. The van der Waals surface area contributed by atoms with E-state index >= 15 is 0 Å². The number of hydrogen-bond donors (Lipinski definition) is 3. The lowest BCUT2D eigenvalue weighted by atomic mass is 10.1. The highest BCUT2D eigenvalue weighted by Crippen LogP contribution is 2.28. The smallest absolute Gasteiger partial charge is 0.330 e. The first-order chi connectivity index (χ1) is 8.95. The van der Waals surface area contributed by atoms with Gasteiger partial charge in [-0.25, -0.2) is 4.79 Å². The van der Waals surface area contributed by atoms with E-state index in [0.717, 1.165) is 4.57 Å². The predicted octanol–water partition coefficient (Wildman–Crippen LogP) is -1.77. The monoisotopic (exact) mass is 271 g/mol. The Morgan fingerprint density at radius 3 is 2.74 bits per heavy atom. The Bertz CT molecular complexity index is 594. The minimum atomic E-state index is -1.39. The maximum absolute atomic E-state index is 11.6. The summed E-state index contributed by atoms with van der Waals surface area (Å²) in [6.45, 7) is 1.14. The van der Waals surface area contributed by atoms with Gasteiger partial charge in [-0.3, -0.25) is 14.3 Å². The van der Waals surface area contributed by atoms with Gasteiger partial charge >= 0.3 is 5.69 Å². The molecular formula is C10H13N3O6. The molecule has 2 rings (SSSR count). The molecule has 0 aliphatic carbocycles. The van der Waals surface area contributed by atoms with E-state index in [1.165, 1.54) is 13.1 Å². The van der Waals surface area contributed by atoms with E-state index in [1.807, 2.05) is 0 Å². The number of aliphatic hydroxyl groups is 2. The van der Waals surface area contributed by atoms with Crippen LogP contribution in [0.4, 0.5) is 0 Å². The van der Waals surface area contributed by atoms with Crippen molar-refractivity contribution in [1.29, 1.82) is 0 Å². The Morgan fingerprint density at radius 2 is 2.11 bits per heavy atom. The highest BCUT2D eigenvalue weighted by Gasteiger charge is 2.44. The summed E-state index contributed by atoms with van der Waals surface area (Å²) < 4.78 is 6.20. The van der Waals surface area contributed by atoms with Crippen molar-refractivity contribution in [3.63, 3.8) is 0 Å². The summed E-state index contributed by atoms with van der Waals surface area (Å²) in [5.74, 6) is 0. The van der Waals surface area contributed by atoms with Crippen molar-refractivity contribution in [2.75, 3.05) is 6.54 Å². The van der Waals surface area contributed by atoms with E-state index < -0.39 is 35.8 Å². The lowest BCUT2D eigenvalue weighted by Gasteiger charge is -2.17. The lowest BCUT2D eigenvalue weighted by molar-refractivity contribution is -0.0373. The number of nitrogens with zero attached hydrogens (tertiary/aromatic N) is 2. The van der Waals surface area contributed by atoms with Crippen LogP contribution in [-0.4, -0.2) is 44.6 Å². The SMILES string of the molecule is Cc1cn([C@@H]2O[C@H](CN=O)C(O)C2O)c(=O)[nH]c1=O. The van der Waals surface area contributed by atoms with Crippen LogP contribution in [0.25, 0.3) is 0 Å². The summed E-state index contributed by atoms with van der Waals surface area (Å²) in [4.78, 5) is 35.1. The van der Waals surface area contributed by atoms with E-state index in [2.05, 4.69) is 10.2 Å². The quantitative estimate of drug-likeness (QED) is 0.557. The molecule has 19 heavy (non-hydrogen) atoms. The van der Waals surface area contributed by atoms with E-state index in [0.29, 0.717) is 0 Å². The van der Waals surface area contributed by atoms with Crippen LogP contribution in [0.3, 0.4) is 0 Å². The summed E-state index contributed by atoms with van der Waals surface area (Å²) in [6.07, 6.45) is -3.67. The molecule has 0 saturated carbocycles. The molecule has 1 aromatic heterocycles. The molecule has 1 aliphatic heterocycles. The molecule has 0 bridgehead atoms. The van der Waals surface area contributed by atoms with Gasteiger partial charge in [-0.2, -0.15) is 4.91 Å². The number of rotatable bonds is 3. The van der Waals surface area contributed by atoms with E-state index in [1.54, 1.807) is 0 Å². The molecule has 9 nitrogen and oxygen atoms in total. The molecule has 2 heterocycles. The van der Waals surface area contributed by atoms with Gasteiger partial charge in [0, 0.05) is 11.8 Å². The minimum absolute atomic E-state index is 0.252. The molecule has 2 unspecified atom stereocenters. The molecule has 104 valence electrons. The number of nitroso groups, excluding NO2 is 1. The number of aromatic nitrogens is 2. The number of hydrogen-bond acceptors (Lipinski definition) is 7. The second-order valence-corrected chi connectivity index (χ2v) is 4.34. The molecule has 1 saturated heterocycles. The van der Waals surface area contributed by atoms with Crippen LogP contribution in [0.5, 0.6) is 0 Å². The van der Waals surface area contributed by atoms with Crippen molar-refractivity contribution in [2.45, 2.75) is 31.5 Å². The zero-order valence-electron chi connectivity index (χ0n) is 10.0. The fourth-order valence-electron chi connectivity index (χ4n) is 1.96. The fraction of sp³-hybridized carbons (Fsp3) is 0.600. The third-order valence-electron chi connectivity index (χ3n) is 3.01. The van der Waals surface area contributed by atoms with Crippen molar-refractivity contribution >= 4 is 0 Å². The Balaban J connectivity index is 2.38. The maximum Gasteiger partial charge on any atom is 0.330 e. The summed E-state index contributed by atoms with van der Waals surface area (Å²) in [6, 6.07) is 0. The molecule has 0 amide bonds. The molecule has 1 fully saturated rings.